The lowest BCUT2D eigenvalue weighted by Crippen LogP contribution is -2.16. The van der Waals surface area contributed by atoms with E-state index in [0.29, 0.717) is 18.4 Å². The highest BCUT2D eigenvalue weighted by Crippen LogP contribution is 2.40. The minimum atomic E-state index is -4.55. The number of benzene rings is 1. The molecule has 0 fully saturated rings. The summed E-state index contributed by atoms with van der Waals surface area (Å²) in [5, 5.41) is 8.17. The normalized spacial score (nSPS) is 13.9. The number of aryl methyl sites for hydroxylation is 1. The van der Waals surface area contributed by atoms with E-state index in [9.17, 15) is 31.0 Å². The van der Waals surface area contributed by atoms with Gasteiger partial charge in [-0.3, -0.25) is 9.11 Å². The van der Waals surface area contributed by atoms with Crippen LogP contribution in [-0.2, 0) is 20.2 Å². The average Bonchev–Trinajstić information content (AvgIpc) is 2.87. The van der Waals surface area contributed by atoms with Crippen molar-refractivity contribution in [2.45, 2.75) is 160 Å². The van der Waals surface area contributed by atoms with Gasteiger partial charge in [0, 0.05) is 5.56 Å². The molecule has 234 valence electrons. The summed E-state index contributed by atoms with van der Waals surface area (Å²) in [4.78, 5) is 0. The molecule has 2 atom stereocenters. The van der Waals surface area contributed by atoms with Crippen LogP contribution in [0, 0.1) is 6.92 Å². The van der Waals surface area contributed by atoms with E-state index in [-0.39, 0.29) is 29.7 Å². The molecule has 7 nitrogen and oxygen atoms in total. The first-order valence-electron chi connectivity index (χ1n) is 15.7. The fraction of sp³-hybridized carbons (Fsp3) is 0.806. The Hall–Kier alpha value is -1.16. The molecule has 0 bridgehead atoms. The minimum Gasteiger partial charge on any atom is -0.507 e. The lowest BCUT2D eigenvalue weighted by molar-refractivity contribution is 0.438. The van der Waals surface area contributed by atoms with E-state index in [1.54, 1.807) is 6.92 Å². The van der Waals surface area contributed by atoms with E-state index in [0.717, 1.165) is 51.4 Å². The Morgan fingerprint density at radius 3 is 1.30 bits per heavy atom. The first kappa shape index (κ1) is 36.9. The molecule has 0 radical (unpaired) electrons. The van der Waals surface area contributed by atoms with Gasteiger partial charge in [0.25, 0.3) is 20.2 Å². The first-order valence-corrected chi connectivity index (χ1v) is 18.7. The van der Waals surface area contributed by atoms with Gasteiger partial charge in [-0.2, -0.15) is 16.8 Å². The van der Waals surface area contributed by atoms with Crippen LogP contribution in [0.4, 0.5) is 0 Å². The third kappa shape index (κ3) is 14.6. The van der Waals surface area contributed by atoms with Crippen molar-refractivity contribution < 1.29 is 31.0 Å². The Morgan fingerprint density at radius 1 is 0.575 bits per heavy atom. The lowest BCUT2D eigenvalue weighted by atomic mass is 9.95. The number of rotatable bonds is 24. The van der Waals surface area contributed by atoms with Crippen LogP contribution in [-0.4, -0.2) is 31.0 Å². The molecule has 9 heteroatoms. The highest BCUT2D eigenvalue weighted by molar-refractivity contribution is 7.86. The summed E-state index contributed by atoms with van der Waals surface area (Å²) in [5.41, 5.74) is 0.555. The zero-order valence-corrected chi connectivity index (χ0v) is 26.9. The number of aromatic hydroxyl groups is 1. The molecule has 0 saturated carbocycles. The van der Waals surface area contributed by atoms with Gasteiger partial charge >= 0.3 is 0 Å². The largest absolute Gasteiger partial charge is 0.507 e. The number of unbranched alkanes of at least 4 members (excludes halogenated alkanes) is 16. The maximum atomic E-state index is 12.4. The van der Waals surface area contributed by atoms with E-state index >= 15 is 0 Å². The van der Waals surface area contributed by atoms with Crippen molar-refractivity contribution in [1.82, 2.24) is 0 Å². The highest BCUT2D eigenvalue weighted by atomic mass is 32.2. The van der Waals surface area contributed by atoms with Crippen LogP contribution in [0.3, 0.4) is 0 Å². The van der Waals surface area contributed by atoms with Crippen LogP contribution < -0.4 is 0 Å². The Kier molecular flexibility index (Phi) is 18.3. The van der Waals surface area contributed by atoms with Crippen molar-refractivity contribution in [3.63, 3.8) is 0 Å². The maximum absolute atomic E-state index is 12.4. The van der Waals surface area contributed by atoms with Crippen LogP contribution >= 0.6 is 0 Å². The topological polar surface area (TPSA) is 129 Å². The smallest absolute Gasteiger partial charge is 0.272 e. The minimum absolute atomic E-state index is 0.00204. The highest BCUT2D eigenvalue weighted by Gasteiger charge is 2.32. The molecule has 0 amide bonds. The molecule has 3 N–H and O–H groups in total. The lowest BCUT2D eigenvalue weighted by Gasteiger charge is -2.21. The predicted octanol–water partition coefficient (Wildman–Crippen LogP) is 9.40. The van der Waals surface area contributed by atoms with Crippen molar-refractivity contribution >= 4 is 20.2 Å². The third-order valence-electron chi connectivity index (χ3n) is 7.93. The van der Waals surface area contributed by atoms with E-state index in [1.165, 1.54) is 63.5 Å². The first-order chi connectivity index (χ1) is 18.9. The summed E-state index contributed by atoms with van der Waals surface area (Å²) in [6, 6.07) is 2.84. The quantitative estimate of drug-likeness (QED) is 0.0791. The zero-order chi connectivity index (χ0) is 30.0. The van der Waals surface area contributed by atoms with Crippen molar-refractivity contribution in [2.24, 2.45) is 0 Å². The molecule has 40 heavy (non-hydrogen) atoms. The summed E-state index contributed by atoms with van der Waals surface area (Å²) in [6.07, 6.45) is 19.4. The second-order valence-electron chi connectivity index (χ2n) is 11.5. The second kappa shape index (κ2) is 19.9. The third-order valence-corrected chi connectivity index (χ3v) is 10.4. The van der Waals surface area contributed by atoms with Gasteiger partial charge in [-0.15, -0.1) is 0 Å². The van der Waals surface area contributed by atoms with Crippen LogP contribution in [0.1, 0.15) is 169 Å². The fourth-order valence-corrected chi connectivity index (χ4v) is 7.41. The molecule has 0 aromatic heterocycles. The van der Waals surface area contributed by atoms with Crippen molar-refractivity contribution in [2.75, 3.05) is 0 Å². The van der Waals surface area contributed by atoms with Gasteiger partial charge < -0.3 is 5.11 Å². The molecule has 1 rings (SSSR count). The van der Waals surface area contributed by atoms with Crippen molar-refractivity contribution in [3.05, 3.63) is 28.8 Å². The van der Waals surface area contributed by atoms with Crippen molar-refractivity contribution in [3.8, 4) is 5.75 Å². The molecule has 1 aromatic carbocycles. The van der Waals surface area contributed by atoms with E-state index in [1.807, 2.05) is 0 Å². The molecule has 0 heterocycles. The molecule has 0 aliphatic heterocycles. The zero-order valence-electron chi connectivity index (χ0n) is 25.2. The van der Waals surface area contributed by atoms with E-state index in [2.05, 4.69) is 13.8 Å². The van der Waals surface area contributed by atoms with Gasteiger partial charge in [-0.05, 0) is 37.0 Å². The number of hydrogen-bond acceptors (Lipinski definition) is 5. The van der Waals surface area contributed by atoms with Gasteiger partial charge in [0.05, 0.1) is 0 Å². The van der Waals surface area contributed by atoms with Crippen LogP contribution in [0.15, 0.2) is 12.1 Å². The fourth-order valence-electron chi connectivity index (χ4n) is 5.50. The van der Waals surface area contributed by atoms with Gasteiger partial charge in [-0.1, -0.05) is 135 Å². The van der Waals surface area contributed by atoms with Gasteiger partial charge in [0.15, 0.2) is 0 Å². The monoisotopic (exact) mass is 604 g/mol. The van der Waals surface area contributed by atoms with Gasteiger partial charge in [-0.25, -0.2) is 0 Å². The number of phenolic OH excluding ortho intramolecular Hbond substituents is 1. The molecular formula is C31H56O7S2. The molecule has 2 unspecified atom stereocenters. The Labute approximate surface area is 245 Å². The summed E-state index contributed by atoms with van der Waals surface area (Å²) in [5.74, 6) is -0.264. The molecule has 0 spiro atoms. The van der Waals surface area contributed by atoms with E-state index < -0.39 is 30.7 Å². The van der Waals surface area contributed by atoms with Gasteiger partial charge in [0.1, 0.15) is 16.2 Å². The maximum Gasteiger partial charge on any atom is 0.272 e. The number of phenols is 1. The van der Waals surface area contributed by atoms with Crippen LogP contribution in [0.5, 0.6) is 5.75 Å². The van der Waals surface area contributed by atoms with Gasteiger partial charge in [0.2, 0.25) is 0 Å². The van der Waals surface area contributed by atoms with Crippen LogP contribution in [0.2, 0.25) is 0 Å². The molecular weight excluding hydrogens is 548 g/mol. The van der Waals surface area contributed by atoms with Crippen LogP contribution in [0.25, 0.3) is 0 Å². The Morgan fingerprint density at radius 2 is 0.925 bits per heavy atom. The standard InChI is InChI=1S/C31H56O7S2/c1-4-6-8-10-12-14-16-18-20-22-29(39(33,34)35)27-24-26(3)31(32)28(25-27)30(40(36,37)38)23-21-19-17-15-13-11-9-7-5-2/h24-25,29-30,32H,4-23H2,1-3H3,(H,33,34,35)(H,36,37,38). The second-order valence-corrected chi connectivity index (χ2v) is 14.7. The summed E-state index contributed by atoms with van der Waals surface area (Å²) in [6.45, 7) is 5.94. The molecule has 1 aromatic rings. The predicted molar refractivity (Wildman–Crippen MR) is 165 cm³/mol. The average molecular weight is 605 g/mol. The van der Waals surface area contributed by atoms with Crippen molar-refractivity contribution in [1.29, 1.82) is 0 Å². The van der Waals surface area contributed by atoms with E-state index in [4.69, 9.17) is 0 Å². The number of hydrogen-bond donors (Lipinski definition) is 3. The summed E-state index contributed by atoms with van der Waals surface area (Å²) in [7, 11) is -9.01. The molecule has 0 aliphatic carbocycles. The summed E-state index contributed by atoms with van der Waals surface area (Å²) < 4.78 is 69.5. The Bertz CT molecular complexity index is 1040. The molecule has 0 saturated heterocycles. The summed E-state index contributed by atoms with van der Waals surface area (Å²) >= 11 is 0. The SMILES string of the molecule is CCCCCCCCCCCC(c1cc(C)c(O)c(C(CCCCCCCCCCC)S(=O)(=O)O)c1)S(=O)(=O)O. The Balaban J connectivity index is 2.88. The molecule has 0 aliphatic rings.